The van der Waals surface area contributed by atoms with Crippen LogP contribution in [-0.4, -0.2) is 31.6 Å². The van der Waals surface area contributed by atoms with Crippen LogP contribution in [0, 0.1) is 17.2 Å². The number of anilines is 1. The maximum absolute atomic E-state index is 12.3. The summed E-state index contributed by atoms with van der Waals surface area (Å²) >= 11 is 0. The lowest BCUT2D eigenvalue weighted by Gasteiger charge is -2.19. The van der Waals surface area contributed by atoms with Gasteiger partial charge in [0.25, 0.3) is 5.91 Å². The minimum Gasteiger partial charge on any atom is -0.481 e. The molecule has 0 saturated carbocycles. The predicted octanol–water partition coefficient (Wildman–Crippen LogP) is 2.97. The summed E-state index contributed by atoms with van der Waals surface area (Å²) in [5.41, 5.74) is 1.80. The number of carbonyl (C=O) groups excluding carboxylic acids is 1. The number of amides is 1. The van der Waals surface area contributed by atoms with E-state index in [1.54, 1.807) is 31.2 Å². The zero-order valence-corrected chi connectivity index (χ0v) is 14.9. The summed E-state index contributed by atoms with van der Waals surface area (Å²) in [6.45, 7) is 4.36. The fraction of sp³-hybridized carbons (Fsp3) is 0.333. The van der Waals surface area contributed by atoms with Gasteiger partial charge in [0.2, 0.25) is 0 Å². The Morgan fingerprint density at radius 1 is 1.27 bits per heavy atom. The second-order valence-electron chi connectivity index (χ2n) is 6.58. The highest BCUT2D eigenvalue weighted by Crippen LogP contribution is 2.23. The molecule has 5 nitrogen and oxygen atoms in total. The number of hydrogen-bond donors (Lipinski definition) is 1. The maximum Gasteiger partial charge on any atom is 0.260 e. The van der Waals surface area contributed by atoms with Crippen molar-refractivity contribution < 1.29 is 9.53 Å². The van der Waals surface area contributed by atoms with E-state index in [0.29, 0.717) is 23.8 Å². The first kappa shape index (κ1) is 17.8. The molecule has 2 unspecified atom stereocenters. The van der Waals surface area contributed by atoms with Crippen LogP contribution in [-0.2, 0) is 4.79 Å². The molecule has 0 aliphatic carbocycles. The SMILES string of the molecule is CC(Oc1ccc(C#N)cc1)C(=O)NCC1CCN(c2ccccc2)C1. The number of ether oxygens (including phenoxy) is 1. The van der Waals surface area contributed by atoms with Crippen LogP contribution in [0.5, 0.6) is 5.75 Å². The van der Waals surface area contributed by atoms with E-state index in [1.165, 1.54) is 5.69 Å². The van der Waals surface area contributed by atoms with Crippen molar-refractivity contribution in [3.63, 3.8) is 0 Å². The van der Waals surface area contributed by atoms with Crippen LogP contribution in [0.3, 0.4) is 0 Å². The monoisotopic (exact) mass is 349 g/mol. The number of nitriles is 1. The normalized spacial score (nSPS) is 17.4. The lowest BCUT2D eigenvalue weighted by atomic mass is 10.1. The zero-order valence-electron chi connectivity index (χ0n) is 14.9. The second kappa shape index (κ2) is 8.39. The molecule has 0 bridgehead atoms. The van der Waals surface area contributed by atoms with Crippen molar-refractivity contribution in [2.75, 3.05) is 24.5 Å². The summed E-state index contributed by atoms with van der Waals surface area (Å²) in [5, 5.41) is 11.8. The molecule has 1 saturated heterocycles. The number of nitrogens with one attached hydrogen (secondary N) is 1. The molecule has 1 N–H and O–H groups in total. The van der Waals surface area contributed by atoms with Gasteiger partial charge >= 0.3 is 0 Å². The molecule has 1 amide bonds. The van der Waals surface area contributed by atoms with Gasteiger partial charge in [-0.1, -0.05) is 18.2 Å². The minimum absolute atomic E-state index is 0.118. The van der Waals surface area contributed by atoms with Gasteiger partial charge in [-0.15, -0.1) is 0 Å². The average molecular weight is 349 g/mol. The van der Waals surface area contributed by atoms with Gasteiger partial charge in [0.15, 0.2) is 6.10 Å². The smallest absolute Gasteiger partial charge is 0.260 e. The van der Waals surface area contributed by atoms with Crippen molar-refractivity contribution in [3.05, 3.63) is 60.2 Å². The van der Waals surface area contributed by atoms with Gasteiger partial charge in [0, 0.05) is 25.3 Å². The highest BCUT2D eigenvalue weighted by Gasteiger charge is 2.24. The quantitative estimate of drug-likeness (QED) is 0.871. The van der Waals surface area contributed by atoms with E-state index in [1.807, 2.05) is 18.2 Å². The molecule has 26 heavy (non-hydrogen) atoms. The Kier molecular flexibility index (Phi) is 5.75. The third-order valence-electron chi connectivity index (χ3n) is 4.64. The highest BCUT2D eigenvalue weighted by atomic mass is 16.5. The van der Waals surface area contributed by atoms with Crippen LogP contribution in [0.25, 0.3) is 0 Å². The van der Waals surface area contributed by atoms with Gasteiger partial charge in [-0.2, -0.15) is 5.26 Å². The molecule has 1 aliphatic rings. The van der Waals surface area contributed by atoms with E-state index >= 15 is 0 Å². The molecule has 2 aromatic rings. The highest BCUT2D eigenvalue weighted by molar-refractivity contribution is 5.80. The molecular formula is C21H23N3O2. The van der Waals surface area contributed by atoms with Crippen LogP contribution in [0.15, 0.2) is 54.6 Å². The third kappa shape index (κ3) is 4.54. The standard InChI is InChI=1S/C21H23N3O2/c1-16(26-20-9-7-17(13-22)8-10-20)21(25)23-14-18-11-12-24(15-18)19-5-3-2-4-6-19/h2-10,16,18H,11-12,14-15H2,1H3,(H,23,25). The molecule has 1 aliphatic heterocycles. The number of carbonyl (C=O) groups is 1. The zero-order chi connectivity index (χ0) is 18.4. The van der Waals surface area contributed by atoms with E-state index in [4.69, 9.17) is 10.00 Å². The molecular weight excluding hydrogens is 326 g/mol. The largest absolute Gasteiger partial charge is 0.481 e. The van der Waals surface area contributed by atoms with Gasteiger partial charge in [0.05, 0.1) is 11.6 Å². The van der Waals surface area contributed by atoms with Crippen molar-refractivity contribution >= 4 is 11.6 Å². The molecule has 3 rings (SSSR count). The molecule has 2 atom stereocenters. The Hall–Kier alpha value is -3.00. The lowest BCUT2D eigenvalue weighted by molar-refractivity contribution is -0.127. The predicted molar refractivity (Wildman–Crippen MR) is 101 cm³/mol. The van der Waals surface area contributed by atoms with Crippen LogP contribution in [0.2, 0.25) is 0 Å². The summed E-state index contributed by atoms with van der Waals surface area (Å²) in [5.74, 6) is 0.913. The Balaban J connectivity index is 1.44. The van der Waals surface area contributed by atoms with E-state index < -0.39 is 6.10 Å². The maximum atomic E-state index is 12.3. The van der Waals surface area contributed by atoms with Gasteiger partial charge in [-0.25, -0.2) is 0 Å². The summed E-state index contributed by atoms with van der Waals surface area (Å²) in [6, 6.07) is 19.2. The van der Waals surface area contributed by atoms with Crippen molar-refractivity contribution in [1.82, 2.24) is 5.32 Å². The molecule has 2 aromatic carbocycles. The van der Waals surface area contributed by atoms with Crippen molar-refractivity contribution in [2.24, 2.45) is 5.92 Å². The Morgan fingerprint density at radius 2 is 2.00 bits per heavy atom. The molecule has 0 aromatic heterocycles. The van der Waals surface area contributed by atoms with Gasteiger partial charge < -0.3 is 15.0 Å². The van der Waals surface area contributed by atoms with Crippen LogP contribution < -0.4 is 15.0 Å². The Morgan fingerprint density at radius 3 is 2.69 bits per heavy atom. The number of para-hydroxylation sites is 1. The first-order valence-electron chi connectivity index (χ1n) is 8.90. The average Bonchev–Trinajstić information content (AvgIpc) is 3.16. The summed E-state index contributed by atoms with van der Waals surface area (Å²) < 4.78 is 5.65. The number of nitrogens with zero attached hydrogens (tertiary/aromatic N) is 2. The summed E-state index contributed by atoms with van der Waals surface area (Å²) in [4.78, 5) is 14.6. The number of hydrogen-bond acceptors (Lipinski definition) is 4. The van der Waals surface area contributed by atoms with Crippen LogP contribution >= 0.6 is 0 Å². The summed E-state index contributed by atoms with van der Waals surface area (Å²) in [7, 11) is 0. The second-order valence-corrected chi connectivity index (χ2v) is 6.58. The molecule has 1 heterocycles. The first-order chi connectivity index (χ1) is 12.7. The van der Waals surface area contributed by atoms with E-state index in [0.717, 1.165) is 19.5 Å². The van der Waals surface area contributed by atoms with Crippen LogP contribution in [0.1, 0.15) is 18.9 Å². The first-order valence-corrected chi connectivity index (χ1v) is 8.90. The van der Waals surface area contributed by atoms with Crippen molar-refractivity contribution in [3.8, 4) is 11.8 Å². The molecule has 0 spiro atoms. The minimum atomic E-state index is -0.574. The van der Waals surface area contributed by atoms with Gasteiger partial charge in [-0.05, 0) is 55.7 Å². The van der Waals surface area contributed by atoms with Crippen molar-refractivity contribution in [2.45, 2.75) is 19.4 Å². The molecule has 1 fully saturated rings. The number of benzene rings is 2. The molecule has 0 radical (unpaired) electrons. The fourth-order valence-corrected chi connectivity index (χ4v) is 3.13. The van der Waals surface area contributed by atoms with Gasteiger partial charge in [-0.3, -0.25) is 4.79 Å². The Labute approximate surface area is 154 Å². The van der Waals surface area contributed by atoms with E-state index in [2.05, 4.69) is 28.4 Å². The van der Waals surface area contributed by atoms with Crippen molar-refractivity contribution in [1.29, 1.82) is 5.26 Å². The Bertz CT molecular complexity index is 768. The van der Waals surface area contributed by atoms with E-state index in [-0.39, 0.29) is 5.91 Å². The topological polar surface area (TPSA) is 65.4 Å². The molecule has 134 valence electrons. The third-order valence-corrected chi connectivity index (χ3v) is 4.64. The van der Waals surface area contributed by atoms with E-state index in [9.17, 15) is 4.79 Å². The van der Waals surface area contributed by atoms with Crippen LogP contribution in [0.4, 0.5) is 5.69 Å². The van der Waals surface area contributed by atoms with Gasteiger partial charge in [0.1, 0.15) is 5.75 Å². The lowest BCUT2D eigenvalue weighted by Crippen LogP contribution is -2.39. The molecule has 5 heteroatoms. The number of rotatable bonds is 6. The summed E-state index contributed by atoms with van der Waals surface area (Å²) in [6.07, 6.45) is 0.495. The fourth-order valence-electron chi connectivity index (χ4n) is 3.13.